The molecule has 1 unspecified atom stereocenters. The molecule has 0 fully saturated rings. The highest BCUT2D eigenvalue weighted by Gasteiger charge is 2.33. The molecule has 6 nitrogen and oxygen atoms in total. The highest BCUT2D eigenvalue weighted by Crippen LogP contribution is 2.49. The summed E-state index contributed by atoms with van der Waals surface area (Å²) in [5.41, 5.74) is 7.07. The second kappa shape index (κ2) is 7.10. The number of nitrogens with one attached hydrogen (secondary N) is 1. The zero-order valence-corrected chi connectivity index (χ0v) is 15.3. The molecule has 0 amide bonds. The second-order valence-electron chi connectivity index (χ2n) is 5.71. The van der Waals surface area contributed by atoms with Gasteiger partial charge in [0.2, 0.25) is 0 Å². The van der Waals surface area contributed by atoms with Crippen LogP contribution in [0.2, 0.25) is 0 Å². The van der Waals surface area contributed by atoms with Crippen molar-refractivity contribution < 1.29 is 18.4 Å². The largest absolute Gasteiger partial charge is 0.465 e. The molecule has 0 saturated heterocycles. The lowest BCUT2D eigenvalue weighted by Crippen LogP contribution is -2.15. The van der Waals surface area contributed by atoms with Gasteiger partial charge in [0.15, 0.2) is 0 Å². The van der Waals surface area contributed by atoms with Gasteiger partial charge in [-0.05, 0) is 47.9 Å². The van der Waals surface area contributed by atoms with Crippen molar-refractivity contribution >= 4 is 41.0 Å². The highest BCUT2D eigenvalue weighted by atomic mass is 31.2. The number of benzene rings is 3. The van der Waals surface area contributed by atoms with E-state index in [0.717, 1.165) is 16.5 Å². The zero-order valence-electron chi connectivity index (χ0n) is 14.4. The molecule has 3 aromatic rings. The first-order chi connectivity index (χ1) is 12.4. The number of anilines is 2. The Morgan fingerprint density at radius 1 is 1.08 bits per heavy atom. The van der Waals surface area contributed by atoms with E-state index in [0.29, 0.717) is 11.4 Å². The van der Waals surface area contributed by atoms with E-state index in [4.69, 9.17) is 14.8 Å². The molecule has 3 N–H and O–H groups in total. The lowest BCUT2D eigenvalue weighted by molar-refractivity contribution is -0.132. The van der Waals surface area contributed by atoms with Gasteiger partial charge >= 0.3 is 13.6 Å². The molecule has 3 rings (SSSR count). The minimum Gasteiger partial charge on any atom is -0.412 e. The number of fused-ring (bicyclic) bond motifs is 1. The first kappa shape index (κ1) is 17.8. The summed E-state index contributed by atoms with van der Waals surface area (Å²) in [6.45, 7) is 1.19. The van der Waals surface area contributed by atoms with Gasteiger partial charge in [-0.2, -0.15) is 0 Å². The Balaban J connectivity index is 2.10. The van der Waals surface area contributed by atoms with Gasteiger partial charge < -0.3 is 20.1 Å². The third-order valence-electron chi connectivity index (χ3n) is 3.81. The van der Waals surface area contributed by atoms with Crippen LogP contribution >= 0.6 is 7.60 Å². The van der Waals surface area contributed by atoms with Crippen LogP contribution in [-0.4, -0.2) is 13.0 Å². The summed E-state index contributed by atoms with van der Waals surface area (Å²) in [6.07, 6.45) is 0. The molecule has 0 heterocycles. The molecule has 0 aromatic heterocycles. The molecule has 0 aliphatic heterocycles. The molecule has 3 aromatic carbocycles. The zero-order chi connectivity index (χ0) is 18.7. The minimum absolute atomic E-state index is 0.253. The van der Waals surface area contributed by atoms with Crippen LogP contribution in [0.25, 0.3) is 10.8 Å². The maximum absolute atomic E-state index is 13.4. The third-order valence-corrected chi connectivity index (χ3v) is 5.67. The van der Waals surface area contributed by atoms with Crippen molar-refractivity contribution in [3.8, 4) is 5.75 Å². The van der Waals surface area contributed by atoms with E-state index in [-0.39, 0.29) is 5.30 Å². The summed E-state index contributed by atoms with van der Waals surface area (Å²) < 4.78 is 24.3. The Hall–Kier alpha value is -2.98. The smallest absolute Gasteiger partial charge is 0.412 e. The van der Waals surface area contributed by atoms with Crippen molar-refractivity contribution in [2.45, 2.75) is 6.92 Å². The van der Waals surface area contributed by atoms with Gasteiger partial charge in [-0.25, -0.2) is 4.57 Å². The number of carbonyl (C=O) groups is 1. The molecule has 0 saturated carbocycles. The summed E-state index contributed by atoms with van der Waals surface area (Å²) in [7, 11) is -2.11. The predicted molar refractivity (Wildman–Crippen MR) is 104 cm³/mol. The van der Waals surface area contributed by atoms with E-state index in [1.54, 1.807) is 24.3 Å². The number of rotatable bonds is 5. The van der Waals surface area contributed by atoms with E-state index in [1.165, 1.54) is 19.1 Å². The van der Waals surface area contributed by atoms with Gasteiger partial charge in [0.05, 0.1) is 5.30 Å². The Kier molecular flexibility index (Phi) is 4.87. The van der Waals surface area contributed by atoms with Crippen LogP contribution in [0.5, 0.6) is 5.75 Å². The molecule has 7 heteroatoms. The molecule has 134 valence electrons. The van der Waals surface area contributed by atoms with Gasteiger partial charge in [-0.3, -0.25) is 4.79 Å². The Bertz CT molecular complexity index is 1000. The van der Waals surface area contributed by atoms with Crippen LogP contribution < -0.4 is 20.9 Å². The van der Waals surface area contributed by atoms with Crippen LogP contribution in [0.15, 0.2) is 60.7 Å². The standard InChI is InChI=1S/C19H19N2O4P/c1-13(22)24-26(23,17-10-7-15(20)8-11-17)25-19-5-3-4-14-6-9-16(21-2)12-18(14)19/h3-12,21H,20H2,1-2H3. The van der Waals surface area contributed by atoms with Gasteiger partial charge in [0.25, 0.3) is 0 Å². The number of hydrogen-bond acceptors (Lipinski definition) is 6. The monoisotopic (exact) mass is 370 g/mol. The average molecular weight is 370 g/mol. The van der Waals surface area contributed by atoms with Gasteiger partial charge in [-0.15, -0.1) is 0 Å². The number of hydrogen-bond donors (Lipinski definition) is 2. The molecule has 1 atom stereocenters. The molecular formula is C19H19N2O4P. The molecule has 0 aliphatic rings. The molecule has 0 spiro atoms. The normalized spacial score (nSPS) is 13.0. The first-order valence-electron chi connectivity index (χ1n) is 7.98. The molecule has 26 heavy (non-hydrogen) atoms. The van der Waals surface area contributed by atoms with Gasteiger partial charge in [0, 0.05) is 30.7 Å². The molecule has 0 aliphatic carbocycles. The fourth-order valence-electron chi connectivity index (χ4n) is 2.56. The van der Waals surface area contributed by atoms with Gasteiger partial charge in [0.1, 0.15) is 5.75 Å². The van der Waals surface area contributed by atoms with Crippen LogP contribution in [0.3, 0.4) is 0 Å². The number of nitrogens with two attached hydrogens (primary N) is 1. The Labute approximate surface area is 151 Å². The average Bonchev–Trinajstić information content (AvgIpc) is 2.61. The maximum Gasteiger partial charge on any atom is 0.465 e. The molecular weight excluding hydrogens is 351 g/mol. The van der Waals surface area contributed by atoms with Crippen LogP contribution in [0, 0.1) is 0 Å². The van der Waals surface area contributed by atoms with Crippen molar-refractivity contribution in [3.63, 3.8) is 0 Å². The van der Waals surface area contributed by atoms with Crippen LogP contribution in [-0.2, 0) is 13.9 Å². The Morgan fingerprint density at radius 3 is 2.46 bits per heavy atom. The van der Waals surface area contributed by atoms with Crippen molar-refractivity contribution in [1.82, 2.24) is 0 Å². The summed E-state index contributed by atoms with van der Waals surface area (Å²) in [5.74, 6) is -0.331. The van der Waals surface area contributed by atoms with Crippen molar-refractivity contribution in [2.24, 2.45) is 0 Å². The van der Waals surface area contributed by atoms with E-state index < -0.39 is 13.6 Å². The summed E-state index contributed by atoms with van der Waals surface area (Å²) >= 11 is 0. The maximum atomic E-state index is 13.4. The predicted octanol–water partition coefficient (Wildman–Crippen LogP) is 3.92. The summed E-state index contributed by atoms with van der Waals surface area (Å²) in [5, 5.41) is 4.97. The topological polar surface area (TPSA) is 90.6 Å². The second-order valence-corrected chi connectivity index (χ2v) is 7.58. The van der Waals surface area contributed by atoms with E-state index in [2.05, 4.69) is 5.32 Å². The summed E-state index contributed by atoms with van der Waals surface area (Å²) in [6, 6.07) is 17.4. The third kappa shape index (κ3) is 3.65. The van der Waals surface area contributed by atoms with E-state index in [1.807, 2.05) is 31.3 Å². The summed E-state index contributed by atoms with van der Waals surface area (Å²) in [4.78, 5) is 11.5. The first-order valence-corrected chi connectivity index (χ1v) is 9.52. The van der Waals surface area contributed by atoms with E-state index >= 15 is 0 Å². The van der Waals surface area contributed by atoms with Crippen molar-refractivity contribution in [3.05, 3.63) is 60.7 Å². The SMILES string of the molecule is CNc1ccc2cccc(OP(=O)(OC(C)=O)c3ccc(N)cc3)c2c1. The number of carbonyl (C=O) groups excluding carboxylic acids is 1. The van der Waals surface area contributed by atoms with Crippen molar-refractivity contribution in [2.75, 3.05) is 18.1 Å². The fraction of sp³-hybridized carbons (Fsp3) is 0.105. The van der Waals surface area contributed by atoms with E-state index in [9.17, 15) is 9.36 Å². The molecule has 0 bridgehead atoms. The van der Waals surface area contributed by atoms with Crippen LogP contribution in [0.1, 0.15) is 6.92 Å². The highest BCUT2D eigenvalue weighted by molar-refractivity contribution is 7.63. The Morgan fingerprint density at radius 2 is 1.81 bits per heavy atom. The lowest BCUT2D eigenvalue weighted by Gasteiger charge is -2.19. The quantitative estimate of drug-likeness (QED) is 0.522. The minimum atomic E-state index is -3.92. The van der Waals surface area contributed by atoms with Crippen molar-refractivity contribution in [1.29, 1.82) is 0 Å². The van der Waals surface area contributed by atoms with Crippen LogP contribution in [0.4, 0.5) is 11.4 Å². The number of nitrogen functional groups attached to an aromatic ring is 1. The fourth-order valence-corrected chi connectivity index (χ4v) is 4.08. The van der Waals surface area contributed by atoms with Gasteiger partial charge in [-0.1, -0.05) is 18.2 Å². The molecule has 0 radical (unpaired) electrons. The lowest BCUT2D eigenvalue weighted by atomic mass is 10.1.